The molecule has 4 aliphatic carbocycles. The molecule has 0 saturated heterocycles. The van der Waals surface area contributed by atoms with Crippen LogP contribution in [-0.4, -0.2) is 93.9 Å². The Hall–Kier alpha value is -10.2. The Bertz CT molecular complexity index is 7200. The molecule has 20 rings (SSSR count). The van der Waals surface area contributed by atoms with Crippen LogP contribution in [0.5, 0.6) is 0 Å². The number of rotatable bonds is 19. The number of aromatic nitrogens is 8. The first-order valence-corrected chi connectivity index (χ1v) is 46.6. The number of nitrogens with two attached hydrogens (primary N) is 5. The summed E-state index contributed by atoms with van der Waals surface area (Å²) in [5, 5.41) is 58.2. The van der Waals surface area contributed by atoms with Gasteiger partial charge in [0.2, 0.25) is 30.1 Å². The summed E-state index contributed by atoms with van der Waals surface area (Å²) < 4.78 is 128. The van der Waals surface area contributed by atoms with Crippen LogP contribution < -0.4 is 27.2 Å². The predicted octanol–water partition coefficient (Wildman–Crippen LogP) is 18.0. The van der Waals surface area contributed by atoms with Crippen LogP contribution in [0.1, 0.15) is 55.4 Å². The van der Waals surface area contributed by atoms with Crippen molar-refractivity contribution >= 4 is 188 Å². The molecule has 0 atom stereocenters. The zero-order valence-electron chi connectivity index (χ0n) is 65.7. The van der Waals surface area contributed by atoms with E-state index in [-0.39, 0.29) is 19.6 Å². The van der Waals surface area contributed by atoms with Gasteiger partial charge in [0.15, 0.2) is 0 Å². The Balaban J connectivity index is 0.000000138. The lowest BCUT2D eigenvalue weighted by atomic mass is 10.0. The van der Waals surface area contributed by atoms with E-state index >= 15 is 0 Å². The van der Waals surface area contributed by atoms with Gasteiger partial charge in [-0.2, -0.15) is 20.2 Å². The molecule has 35 nitrogen and oxygen atoms in total. The highest BCUT2D eigenvalue weighted by atomic mass is 32.2. The fourth-order valence-electron chi connectivity index (χ4n) is 14.0. The van der Waals surface area contributed by atoms with Crippen molar-refractivity contribution in [1.29, 1.82) is 0 Å². The second-order valence-corrected chi connectivity index (χ2v) is 35.2. The molecule has 4 aromatic heterocycles. The summed E-state index contributed by atoms with van der Waals surface area (Å²) in [6, 6.07) is 53.4. The molecule has 14 N–H and O–H groups in total. The third kappa shape index (κ3) is 18.6. The lowest BCUT2D eigenvalue weighted by Crippen LogP contribution is -2.12. The third-order valence-electron chi connectivity index (χ3n) is 18.5. The van der Waals surface area contributed by atoms with Crippen LogP contribution in [-0.2, 0) is 86.9 Å². The number of hydrogen-bond acceptors (Lipinski definition) is 36. The molecule has 0 saturated carbocycles. The maximum atomic E-state index is 12.1. The smallest absolute Gasteiger partial charge is 0.282 e. The highest BCUT2D eigenvalue weighted by molar-refractivity contribution is 7.95. The van der Waals surface area contributed by atoms with E-state index in [2.05, 4.69) is 42.4 Å². The van der Waals surface area contributed by atoms with E-state index in [0.29, 0.717) is 142 Å². The number of hydrogen-bond donors (Lipinski definition) is 9. The molecule has 0 fully saturated rings. The van der Waals surface area contributed by atoms with Gasteiger partial charge in [0, 0.05) is 90.5 Å². The largest absolute Gasteiger partial charge is 0.294 e. The highest BCUT2D eigenvalue weighted by Crippen LogP contribution is 2.53. The first-order chi connectivity index (χ1) is 59.7. The van der Waals surface area contributed by atoms with Gasteiger partial charge in [0.1, 0.15) is 0 Å². The fraction of sp³-hybridized carbons (Fsp3) is 0.100. The van der Waals surface area contributed by atoms with Gasteiger partial charge in [0.05, 0.1) is 169 Å². The van der Waals surface area contributed by atoms with Crippen LogP contribution in [0.15, 0.2) is 232 Å². The molecule has 4 heterocycles. The Kier molecular flexibility index (Phi) is 28.6. The number of nitrogens with zero attached hydrogens (tertiary/aromatic N) is 8. The van der Waals surface area contributed by atoms with Crippen molar-refractivity contribution in [3.63, 3.8) is 0 Å². The Morgan fingerprint density at radius 1 is 0.266 bits per heavy atom. The monoisotopic (exact) mass is 1850 g/mol. The van der Waals surface area contributed by atoms with Crippen LogP contribution in [0, 0.1) is 0 Å². The zero-order chi connectivity index (χ0) is 88.9. The van der Waals surface area contributed by atoms with Crippen molar-refractivity contribution in [3.05, 3.63) is 188 Å². The van der Waals surface area contributed by atoms with Gasteiger partial charge in [-0.25, -0.2) is 96.3 Å². The SMILES string of the molecule is CC.CC.CC.CC.NOOSc1cc2c3c(cc(S(N)(=O)=O)cc3c1)-c1nc3ccc(SOOO)cc3nc1-2.NOOSc1ccc2nc3c(nc2c1)-c1cccc2cc(S(=O)(=O)O)cc-3c12.NS(=O)(=O)c1cc2c3c(cc(SOOO)cc3c1)-c1nc3ccccc3nc1-2.NS(=O)(=O)c1cc2c3c(cccc3c1)-c1nc3cc(SOOO)ccc3nc1-2. The van der Waals surface area contributed by atoms with Crippen molar-refractivity contribution < 1.29 is 101 Å². The first kappa shape index (κ1) is 91.5. The van der Waals surface area contributed by atoms with E-state index in [0.717, 1.165) is 120 Å². The molecule has 124 heavy (non-hydrogen) atoms. The van der Waals surface area contributed by atoms with Crippen molar-refractivity contribution in [2.24, 2.45) is 27.2 Å². The van der Waals surface area contributed by atoms with E-state index in [1.807, 2.05) is 122 Å². The molecule has 0 spiro atoms. The van der Waals surface area contributed by atoms with Gasteiger partial charge in [0.25, 0.3) is 10.1 Å². The highest BCUT2D eigenvalue weighted by Gasteiger charge is 2.33. The fourth-order valence-corrected chi connectivity index (χ4v) is 18.4. The number of para-hydroxylation sites is 2. The van der Waals surface area contributed by atoms with Crippen LogP contribution in [0.4, 0.5) is 0 Å². The Morgan fingerprint density at radius 3 is 0.839 bits per heavy atom. The van der Waals surface area contributed by atoms with Crippen LogP contribution >= 0.6 is 60.2 Å². The normalized spacial score (nSPS) is 12.0. The van der Waals surface area contributed by atoms with Crippen molar-refractivity contribution in [2.75, 3.05) is 0 Å². The summed E-state index contributed by atoms with van der Waals surface area (Å²) in [5.74, 6) is 9.81. The average Bonchev–Trinajstić information content (AvgIpc) is 1.60. The van der Waals surface area contributed by atoms with Crippen LogP contribution in [0.2, 0.25) is 0 Å². The number of benzene rings is 12. The molecule has 16 aromatic rings. The standard InChI is InChI=1S/C18H12N4O7S3.3C18H11N3O5S2.4C2H6/c19-26-28-31-10-3-8-4-11(32(20,24)25)7-13-16(8)12(5-10)17-18(13)21-14-2-1-9(30-29-27-23)6-15(14)22-17;19-28(23,24)11-6-9-2-1-3-12-16(9)13(8-11)18-17(12)21-15-7-10(27-26-25-22)4-5-14(15)20-18;19-25-26-27-10-4-5-14-15(7-10)21-17-12-3-1-2-9-6-11(28(22,23)24)8-13(16(9)12)18(17)20-14;19-28(23,24)11-6-9-5-10(27-26-25-22)7-12-16(9)13(8-11)18-17(12)20-14-3-1-2-4-15(14)21-18;4*1-2/h1-7,23H,19H2,(H2,20,24,25);1-8,22H,(H2,19,23,24);1-8H,19H2,(H,22,23,24);1-8,22H,(H2,19,23,24);4*1-2H3. The van der Waals surface area contributed by atoms with Crippen molar-refractivity contribution in [2.45, 2.75) is 99.4 Å². The Morgan fingerprint density at radius 2 is 0.524 bits per heavy atom. The minimum atomic E-state index is -4.35. The summed E-state index contributed by atoms with van der Waals surface area (Å²) in [5.41, 5.74) is 15.8. The van der Waals surface area contributed by atoms with Gasteiger partial charge >= 0.3 is 0 Å². The number of primary sulfonamides is 3. The lowest BCUT2D eigenvalue weighted by molar-refractivity contribution is -0.432. The molecule has 0 bridgehead atoms. The molecule has 0 radical (unpaired) electrons. The van der Waals surface area contributed by atoms with E-state index in [1.165, 1.54) is 36.4 Å². The zero-order valence-corrected chi connectivity index (χ0v) is 73.0. The van der Waals surface area contributed by atoms with E-state index < -0.39 is 40.2 Å². The van der Waals surface area contributed by atoms with E-state index in [9.17, 15) is 38.2 Å². The Labute approximate surface area is 727 Å². The molecule has 0 amide bonds. The maximum Gasteiger partial charge on any atom is 0.294 e. The third-order valence-corrected chi connectivity index (χ3v) is 24.9. The molecular formula is C80H69N13O22S9. The maximum absolute atomic E-state index is 12.1. The lowest BCUT2D eigenvalue weighted by Gasteiger charge is -2.07. The molecule has 4 aliphatic rings. The number of fused-ring (bicyclic) bond motifs is 16. The summed E-state index contributed by atoms with van der Waals surface area (Å²) in [4.78, 5) is 49.1. The summed E-state index contributed by atoms with van der Waals surface area (Å²) in [7, 11) is -16.1. The molecule has 12 aromatic carbocycles. The van der Waals surface area contributed by atoms with Gasteiger partial charge in [-0.1, -0.05) is 119 Å². The molecular weight excluding hydrogens is 1780 g/mol. The average molecular weight is 1850 g/mol. The van der Waals surface area contributed by atoms with E-state index in [4.69, 9.17) is 87.2 Å². The summed E-state index contributed by atoms with van der Waals surface area (Å²) in [6.45, 7) is 16.0. The van der Waals surface area contributed by atoms with E-state index in [1.54, 1.807) is 84.9 Å². The van der Waals surface area contributed by atoms with Crippen molar-refractivity contribution in [1.82, 2.24) is 39.9 Å². The molecule has 0 unspecified atom stereocenters. The second-order valence-electron chi connectivity index (χ2n) is 25.2. The van der Waals surface area contributed by atoms with Gasteiger partial charge < -0.3 is 0 Å². The van der Waals surface area contributed by atoms with Gasteiger partial charge in [-0.05, 0) is 161 Å². The minimum absolute atomic E-state index is 0.0229. The topological polar surface area (TPSA) is 543 Å². The quantitative estimate of drug-likeness (QED) is 0.0157. The summed E-state index contributed by atoms with van der Waals surface area (Å²) >= 11 is 4.22. The molecule has 0 aliphatic heterocycles. The second kappa shape index (κ2) is 38.7. The molecule has 640 valence electrons. The first-order valence-electron chi connectivity index (χ1n) is 36.8. The molecule has 44 heteroatoms. The van der Waals surface area contributed by atoms with Crippen LogP contribution in [0.3, 0.4) is 0 Å². The van der Waals surface area contributed by atoms with Crippen LogP contribution in [0.25, 0.3) is 177 Å². The predicted molar refractivity (Wildman–Crippen MR) is 472 cm³/mol. The summed E-state index contributed by atoms with van der Waals surface area (Å²) in [6.07, 6.45) is 0. The van der Waals surface area contributed by atoms with Gasteiger partial charge in [-0.3, -0.25) is 4.55 Å². The van der Waals surface area contributed by atoms with Crippen molar-refractivity contribution in [3.8, 4) is 90.1 Å². The van der Waals surface area contributed by atoms with Gasteiger partial charge in [-0.15, -0.1) is 31.6 Å². The number of sulfonamides is 3. The minimum Gasteiger partial charge on any atom is -0.282 e.